The second-order valence-corrected chi connectivity index (χ2v) is 8.74. The molecule has 2 rings (SSSR count). The van der Waals surface area contributed by atoms with Crippen molar-refractivity contribution in [3.8, 4) is 0 Å². The number of guanidine groups is 1. The summed E-state index contributed by atoms with van der Waals surface area (Å²) in [7, 11) is 0. The third kappa shape index (κ3) is 7.38. The van der Waals surface area contributed by atoms with E-state index >= 15 is 0 Å². The predicted molar refractivity (Wildman–Crippen MR) is 119 cm³/mol. The molecule has 1 saturated heterocycles. The van der Waals surface area contributed by atoms with Crippen molar-refractivity contribution in [1.82, 2.24) is 20.5 Å². The van der Waals surface area contributed by atoms with Gasteiger partial charge in [-0.25, -0.2) is 9.98 Å². The van der Waals surface area contributed by atoms with E-state index in [1.807, 2.05) is 6.20 Å². The van der Waals surface area contributed by atoms with Crippen LogP contribution in [0.15, 0.2) is 11.2 Å². The molecule has 0 saturated carbocycles. The summed E-state index contributed by atoms with van der Waals surface area (Å²) in [5.41, 5.74) is 0.128. The van der Waals surface area contributed by atoms with Gasteiger partial charge in [0.1, 0.15) is 5.01 Å². The van der Waals surface area contributed by atoms with Crippen molar-refractivity contribution in [3.05, 3.63) is 16.1 Å². The lowest BCUT2D eigenvalue weighted by Gasteiger charge is -2.43. The monoisotopic (exact) mass is 479 g/mol. The van der Waals surface area contributed by atoms with Crippen molar-refractivity contribution >= 4 is 41.3 Å². The number of piperidine rings is 1. The summed E-state index contributed by atoms with van der Waals surface area (Å²) in [5, 5.41) is 7.93. The maximum absolute atomic E-state index is 4.68. The zero-order chi connectivity index (χ0) is 17.6. The van der Waals surface area contributed by atoms with E-state index in [4.69, 9.17) is 0 Å². The van der Waals surface area contributed by atoms with E-state index in [0.717, 1.165) is 30.0 Å². The van der Waals surface area contributed by atoms with Gasteiger partial charge in [0.2, 0.25) is 0 Å². The van der Waals surface area contributed by atoms with Crippen LogP contribution >= 0.6 is 35.3 Å². The molecule has 0 radical (unpaired) electrons. The van der Waals surface area contributed by atoms with Crippen LogP contribution in [0.3, 0.4) is 0 Å². The van der Waals surface area contributed by atoms with Gasteiger partial charge in [0.25, 0.3) is 0 Å². The molecule has 1 aromatic rings. The average molecular weight is 479 g/mol. The van der Waals surface area contributed by atoms with Crippen molar-refractivity contribution < 1.29 is 0 Å². The number of hydrogen-bond acceptors (Lipinski definition) is 4. The Morgan fingerprint density at radius 2 is 2.20 bits per heavy atom. The summed E-state index contributed by atoms with van der Waals surface area (Å²) in [6, 6.07) is 0. The Morgan fingerprint density at radius 3 is 2.80 bits per heavy atom. The Balaban J connectivity index is 0.00000312. The quantitative estimate of drug-likeness (QED) is 0.372. The molecular formula is C18H34IN5S. The smallest absolute Gasteiger partial charge is 0.191 e. The van der Waals surface area contributed by atoms with Gasteiger partial charge < -0.3 is 10.6 Å². The molecule has 1 fully saturated rings. The average Bonchev–Trinajstić information content (AvgIpc) is 2.95. The summed E-state index contributed by atoms with van der Waals surface area (Å²) in [6.07, 6.45) is 4.58. The van der Waals surface area contributed by atoms with Gasteiger partial charge in [-0.3, -0.25) is 4.90 Å². The van der Waals surface area contributed by atoms with Crippen LogP contribution in [-0.4, -0.2) is 47.6 Å². The zero-order valence-electron chi connectivity index (χ0n) is 16.3. The second kappa shape index (κ2) is 10.7. The lowest BCUT2D eigenvalue weighted by atomic mass is 9.93. The van der Waals surface area contributed by atoms with Gasteiger partial charge in [0.15, 0.2) is 5.96 Å². The highest BCUT2D eigenvalue weighted by Crippen LogP contribution is 2.23. The third-order valence-electron chi connectivity index (χ3n) is 4.59. The molecule has 1 aromatic heterocycles. The fourth-order valence-electron chi connectivity index (χ4n) is 3.11. The van der Waals surface area contributed by atoms with E-state index in [0.29, 0.717) is 6.54 Å². The first-order chi connectivity index (χ1) is 11.4. The van der Waals surface area contributed by atoms with Crippen molar-refractivity contribution in [2.75, 3.05) is 26.2 Å². The summed E-state index contributed by atoms with van der Waals surface area (Å²) in [5.74, 6) is 1.68. The molecule has 0 spiro atoms. The lowest BCUT2D eigenvalue weighted by Crippen LogP contribution is -2.55. The van der Waals surface area contributed by atoms with E-state index in [1.165, 1.54) is 30.8 Å². The molecule has 1 aliphatic heterocycles. The minimum Gasteiger partial charge on any atom is -0.357 e. The van der Waals surface area contributed by atoms with Crippen LogP contribution < -0.4 is 10.6 Å². The van der Waals surface area contributed by atoms with E-state index in [1.54, 1.807) is 11.3 Å². The molecule has 0 bridgehead atoms. The Hall–Kier alpha value is -0.410. The van der Waals surface area contributed by atoms with Crippen LogP contribution in [0.25, 0.3) is 0 Å². The van der Waals surface area contributed by atoms with Crippen LogP contribution in [-0.2, 0) is 6.54 Å². The molecule has 2 heterocycles. The number of hydrogen-bond donors (Lipinski definition) is 2. The number of aryl methyl sites for hydroxylation is 1. The van der Waals surface area contributed by atoms with Gasteiger partial charge in [-0.15, -0.1) is 35.3 Å². The van der Waals surface area contributed by atoms with Crippen molar-refractivity contribution in [2.45, 2.75) is 59.5 Å². The van der Waals surface area contributed by atoms with Crippen LogP contribution in [0.4, 0.5) is 0 Å². The van der Waals surface area contributed by atoms with Crippen LogP contribution in [0.5, 0.6) is 0 Å². The molecule has 1 unspecified atom stereocenters. The third-order valence-corrected chi connectivity index (χ3v) is 5.48. The van der Waals surface area contributed by atoms with Gasteiger partial charge in [0, 0.05) is 36.2 Å². The highest BCUT2D eigenvalue weighted by atomic mass is 127. The van der Waals surface area contributed by atoms with E-state index in [-0.39, 0.29) is 29.5 Å². The standard InChI is InChI=1S/C18H33N5S.HI/c1-6-19-17(21-11-16-20-10-15(3)24-16)22-13-18(4,5)23-9-7-8-14(2)12-23;/h10,14H,6-9,11-13H2,1-5H3,(H2,19,21,22);1H. The van der Waals surface area contributed by atoms with Crippen LogP contribution in [0, 0.1) is 12.8 Å². The first-order valence-corrected chi connectivity index (χ1v) is 9.91. The predicted octanol–water partition coefficient (Wildman–Crippen LogP) is 3.64. The summed E-state index contributed by atoms with van der Waals surface area (Å²) < 4.78 is 0. The fourth-order valence-corrected chi connectivity index (χ4v) is 3.83. The van der Waals surface area contributed by atoms with E-state index in [9.17, 15) is 0 Å². The van der Waals surface area contributed by atoms with Gasteiger partial charge >= 0.3 is 0 Å². The number of likely N-dealkylation sites (tertiary alicyclic amines) is 1. The number of aromatic nitrogens is 1. The molecular weight excluding hydrogens is 445 g/mol. The SMILES string of the molecule is CCNC(=NCc1ncc(C)s1)NCC(C)(C)N1CCCC(C)C1.I. The normalized spacial score (nSPS) is 19.4. The molecule has 5 nitrogen and oxygen atoms in total. The minimum absolute atomic E-state index is 0. The number of nitrogens with zero attached hydrogens (tertiary/aromatic N) is 3. The minimum atomic E-state index is 0. The molecule has 144 valence electrons. The maximum Gasteiger partial charge on any atom is 0.191 e. The summed E-state index contributed by atoms with van der Waals surface area (Å²) in [6.45, 7) is 16.0. The largest absolute Gasteiger partial charge is 0.357 e. The fraction of sp³-hybridized carbons (Fsp3) is 0.778. The maximum atomic E-state index is 4.68. The molecule has 1 atom stereocenters. The molecule has 0 amide bonds. The number of nitrogens with one attached hydrogen (secondary N) is 2. The molecule has 1 aliphatic rings. The Labute approximate surface area is 174 Å². The zero-order valence-corrected chi connectivity index (χ0v) is 19.4. The molecule has 0 aliphatic carbocycles. The van der Waals surface area contributed by atoms with Gasteiger partial charge in [-0.2, -0.15) is 0 Å². The molecule has 25 heavy (non-hydrogen) atoms. The van der Waals surface area contributed by atoms with E-state index in [2.05, 4.69) is 60.1 Å². The van der Waals surface area contributed by atoms with Crippen LogP contribution in [0.2, 0.25) is 0 Å². The highest BCUT2D eigenvalue weighted by molar-refractivity contribution is 14.0. The van der Waals surface area contributed by atoms with Crippen molar-refractivity contribution in [2.24, 2.45) is 10.9 Å². The Morgan fingerprint density at radius 1 is 1.44 bits per heavy atom. The van der Waals surface area contributed by atoms with Crippen LogP contribution in [0.1, 0.15) is 50.4 Å². The number of halogens is 1. The first kappa shape index (κ1) is 22.6. The number of rotatable bonds is 6. The summed E-state index contributed by atoms with van der Waals surface area (Å²) >= 11 is 1.71. The van der Waals surface area contributed by atoms with E-state index < -0.39 is 0 Å². The van der Waals surface area contributed by atoms with Crippen molar-refractivity contribution in [3.63, 3.8) is 0 Å². The van der Waals surface area contributed by atoms with Gasteiger partial charge in [0.05, 0.1) is 6.54 Å². The molecule has 7 heteroatoms. The number of aliphatic imine (C=N–C) groups is 1. The summed E-state index contributed by atoms with van der Waals surface area (Å²) in [4.78, 5) is 12.9. The van der Waals surface area contributed by atoms with Gasteiger partial charge in [-0.1, -0.05) is 6.92 Å². The molecule has 2 N–H and O–H groups in total. The van der Waals surface area contributed by atoms with Gasteiger partial charge in [-0.05, 0) is 53.0 Å². The molecule has 0 aromatic carbocycles. The lowest BCUT2D eigenvalue weighted by molar-refractivity contribution is 0.0739. The topological polar surface area (TPSA) is 52.6 Å². The number of thiazole rings is 1. The second-order valence-electron chi connectivity index (χ2n) is 7.42. The van der Waals surface area contributed by atoms with Crippen molar-refractivity contribution in [1.29, 1.82) is 0 Å². The first-order valence-electron chi connectivity index (χ1n) is 9.09. The Bertz CT molecular complexity index is 543. The highest BCUT2D eigenvalue weighted by Gasteiger charge is 2.30. The Kier molecular flexibility index (Phi) is 9.66.